The number of aryl methyl sites for hydroxylation is 1. The van der Waals surface area contributed by atoms with Crippen LogP contribution in [0.15, 0.2) is 12.1 Å². The van der Waals surface area contributed by atoms with Gasteiger partial charge in [-0.2, -0.15) is 0 Å². The van der Waals surface area contributed by atoms with Crippen LogP contribution in [0.4, 0.5) is 5.69 Å². The number of aliphatic carboxylic acids is 1. The SMILES string of the molecule is CC(=O)c1cc(C)c(Cl)cc1NCC(=O)O. The molecule has 0 aliphatic heterocycles. The van der Waals surface area contributed by atoms with Gasteiger partial charge in [0, 0.05) is 16.3 Å². The fourth-order valence-electron chi connectivity index (χ4n) is 1.29. The summed E-state index contributed by atoms with van der Waals surface area (Å²) in [5.41, 5.74) is 1.68. The molecule has 0 amide bonds. The number of ketones is 1. The Morgan fingerprint density at radius 2 is 2.06 bits per heavy atom. The predicted octanol–water partition coefficient (Wildman–Crippen LogP) is 2.35. The van der Waals surface area contributed by atoms with Crippen LogP contribution in [0.5, 0.6) is 0 Å². The van der Waals surface area contributed by atoms with Gasteiger partial charge in [0.2, 0.25) is 0 Å². The smallest absolute Gasteiger partial charge is 0.322 e. The van der Waals surface area contributed by atoms with E-state index in [0.29, 0.717) is 16.3 Å². The van der Waals surface area contributed by atoms with Crippen LogP contribution in [0.2, 0.25) is 5.02 Å². The largest absolute Gasteiger partial charge is 0.480 e. The van der Waals surface area contributed by atoms with Crippen molar-refractivity contribution in [2.24, 2.45) is 0 Å². The molecule has 0 unspecified atom stereocenters. The summed E-state index contributed by atoms with van der Waals surface area (Å²) in [4.78, 5) is 21.8. The molecule has 0 aliphatic carbocycles. The summed E-state index contributed by atoms with van der Waals surface area (Å²) in [6.45, 7) is 2.96. The summed E-state index contributed by atoms with van der Waals surface area (Å²) in [6, 6.07) is 3.21. The van der Waals surface area contributed by atoms with E-state index in [1.54, 1.807) is 19.1 Å². The van der Waals surface area contributed by atoms with Crippen LogP contribution >= 0.6 is 11.6 Å². The van der Waals surface area contributed by atoms with Crippen molar-refractivity contribution in [3.05, 3.63) is 28.3 Å². The summed E-state index contributed by atoms with van der Waals surface area (Å²) in [7, 11) is 0. The topological polar surface area (TPSA) is 66.4 Å². The minimum atomic E-state index is -0.994. The van der Waals surface area contributed by atoms with Crippen LogP contribution in [-0.4, -0.2) is 23.4 Å². The van der Waals surface area contributed by atoms with E-state index in [0.717, 1.165) is 5.56 Å². The number of carbonyl (C=O) groups is 2. The number of hydrogen-bond donors (Lipinski definition) is 2. The zero-order valence-electron chi connectivity index (χ0n) is 9.00. The van der Waals surface area contributed by atoms with Gasteiger partial charge in [0.1, 0.15) is 6.54 Å². The lowest BCUT2D eigenvalue weighted by Gasteiger charge is -2.10. The second-order valence-corrected chi connectivity index (χ2v) is 3.86. The first-order valence-corrected chi connectivity index (χ1v) is 5.06. The average molecular weight is 242 g/mol. The first-order chi connectivity index (χ1) is 7.41. The standard InChI is InChI=1S/C11H12ClNO3/c1-6-3-8(7(2)14)10(4-9(6)12)13-5-11(15)16/h3-4,13H,5H2,1-2H3,(H,15,16). The van der Waals surface area contributed by atoms with Crippen LogP contribution in [0.3, 0.4) is 0 Å². The van der Waals surface area contributed by atoms with Crippen molar-refractivity contribution in [2.45, 2.75) is 13.8 Å². The van der Waals surface area contributed by atoms with E-state index in [9.17, 15) is 9.59 Å². The predicted molar refractivity (Wildman–Crippen MR) is 62.3 cm³/mol. The zero-order chi connectivity index (χ0) is 12.3. The van der Waals surface area contributed by atoms with Gasteiger partial charge in [-0.05, 0) is 31.5 Å². The Morgan fingerprint density at radius 1 is 1.44 bits per heavy atom. The van der Waals surface area contributed by atoms with Gasteiger partial charge in [-0.15, -0.1) is 0 Å². The summed E-state index contributed by atoms with van der Waals surface area (Å²) in [5, 5.41) is 11.7. The van der Waals surface area contributed by atoms with Crippen molar-refractivity contribution in [3.8, 4) is 0 Å². The van der Waals surface area contributed by atoms with Crippen molar-refractivity contribution in [3.63, 3.8) is 0 Å². The molecule has 0 heterocycles. The highest BCUT2D eigenvalue weighted by Crippen LogP contribution is 2.25. The molecule has 86 valence electrons. The molecule has 4 nitrogen and oxygen atoms in total. The molecule has 0 radical (unpaired) electrons. The van der Waals surface area contributed by atoms with Gasteiger partial charge in [-0.1, -0.05) is 11.6 Å². The number of rotatable bonds is 4. The molecule has 1 aromatic carbocycles. The molecule has 1 aromatic rings. The quantitative estimate of drug-likeness (QED) is 0.794. The van der Waals surface area contributed by atoms with E-state index in [1.165, 1.54) is 6.92 Å². The third-order valence-corrected chi connectivity index (χ3v) is 2.52. The Bertz CT molecular complexity index is 443. The van der Waals surface area contributed by atoms with Gasteiger partial charge in [-0.3, -0.25) is 9.59 Å². The maximum absolute atomic E-state index is 11.3. The molecular formula is C11H12ClNO3. The lowest BCUT2D eigenvalue weighted by atomic mass is 10.1. The minimum Gasteiger partial charge on any atom is -0.480 e. The van der Waals surface area contributed by atoms with Gasteiger partial charge in [0.15, 0.2) is 5.78 Å². The van der Waals surface area contributed by atoms with Gasteiger partial charge in [-0.25, -0.2) is 0 Å². The minimum absolute atomic E-state index is 0.132. The molecule has 0 aromatic heterocycles. The highest BCUT2D eigenvalue weighted by molar-refractivity contribution is 6.31. The first kappa shape index (κ1) is 12.5. The second kappa shape index (κ2) is 4.99. The molecule has 2 N–H and O–H groups in total. The Balaban J connectivity index is 3.09. The molecule has 0 aliphatic rings. The van der Waals surface area contributed by atoms with Gasteiger partial charge < -0.3 is 10.4 Å². The summed E-state index contributed by atoms with van der Waals surface area (Å²) in [6.07, 6.45) is 0. The van der Waals surface area contributed by atoms with E-state index in [2.05, 4.69) is 5.32 Å². The van der Waals surface area contributed by atoms with Crippen LogP contribution in [0, 0.1) is 6.92 Å². The number of carboxylic acid groups (broad SMARTS) is 1. The highest BCUT2D eigenvalue weighted by Gasteiger charge is 2.10. The lowest BCUT2D eigenvalue weighted by Crippen LogP contribution is -2.14. The van der Waals surface area contributed by atoms with Gasteiger partial charge >= 0.3 is 5.97 Å². The van der Waals surface area contributed by atoms with E-state index < -0.39 is 5.97 Å². The molecule has 5 heteroatoms. The Hall–Kier alpha value is -1.55. The van der Waals surface area contributed by atoms with Crippen LogP contribution < -0.4 is 5.32 Å². The molecule has 0 saturated carbocycles. The first-order valence-electron chi connectivity index (χ1n) is 4.68. The number of benzene rings is 1. The maximum Gasteiger partial charge on any atom is 0.322 e. The van der Waals surface area contributed by atoms with E-state index in [4.69, 9.17) is 16.7 Å². The molecule has 0 atom stereocenters. The lowest BCUT2D eigenvalue weighted by molar-refractivity contribution is -0.134. The van der Waals surface area contributed by atoms with Crippen molar-refractivity contribution in [1.29, 1.82) is 0 Å². The monoisotopic (exact) mass is 241 g/mol. The van der Waals surface area contributed by atoms with E-state index in [1.807, 2.05) is 0 Å². The normalized spacial score (nSPS) is 9.94. The van der Waals surface area contributed by atoms with Crippen molar-refractivity contribution in [2.75, 3.05) is 11.9 Å². The molecule has 16 heavy (non-hydrogen) atoms. The Kier molecular flexibility index (Phi) is 3.90. The van der Waals surface area contributed by atoms with Crippen molar-refractivity contribution >= 4 is 29.0 Å². The number of Topliss-reactive ketones (excluding diaryl/α,β-unsaturated/α-hetero) is 1. The molecule has 0 fully saturated rings. The number of nitrogens with one attached hydrogen (secondary N) is 1. The van der Waals surface area contributed by atoms with Crippen LogP contribution in [0.1, 0.15) is 22.8 Å². The molecule has 0 spiro atoms. The Morgan fingerprint density at radius 3 is 2.56 bits per heavy atom. The van der Waals surface area contributed by atoms with Crippen LogP contribution in [0.25, 0.3) is 0 Å². The van der Waals surface area contributed by atoms with Crippen molar-refractivity contribution < 1.29 is 14.7 Å². The highest BCUT2D eigenvalue weighted by atomic mass is 35.5. The van der Waals surface area contributed by atoms with E-state index in [-0.39, 0.29) is 12.3 Å². The molecule has 0 bridgehead atoms. The fourth-order valence-corrected chi connectivity index (χ4v) is 1.45. The number of halogens is 1. The zero-order valence-corrected chi connectivity index (χ0v) is 9.76. The number of carboxylic acids is 1. The van der Waals surface area contributed by atoms with Gasteiger partial charge in [0.05, 0.1) is 0 Å². The number of anilines is 1. The number of carbonyl (C=O) groups excluding carboxylic acids is 1. The molecular weight excluding hydrogens is 230 g/mol. The average Bonchev–Trinajstić information content (AvgIpc) is 2.18. The summed E-state index contributed by atoms with van der Waals surface area (Å²) in [5.74, 6) is -1.13. The van der Waals surface area contributed by atoms with E-state index >= 15 is 0 Å². The fraction of sp³-hybridized carbons (Fsp3) is 0.273. The molecule has 0 saturated heterocycles. The second-order valence-electron chi connectivity index (χ2n) is 3.45. The summed E-state index contributed by atoms with van der Waals surface area (Å²) < 4.78 is 0. The van der Waals surface area contributed by atoms with Gasteiger partial charge in [0.25, 0.3) is 0 Å². The van der Waals surface area contributed by atoms with Crippen LogP contribution in [-0.2, 0) is 4.79 Å². The Labute approximate surface area is 98.2 Å². The molecule has 1 rings (SSSR count). The maximum atomic E-state index is 11.3. The third-order valence-electron chi connectivity index (χ3n) is 2.11. The summed E-state index contributed by atoms with van der Waals surface area (Å²) >= 11 is 5.91. The number of hydrogen-bond acceptors (Lipinski definition) is 3. The third kappa shape index (κ3) is 2.97. The van der Waals surface area contributed by atoms with Crippen molar-refractivity contribution in [1.82, 2.24) is 0 Å².